The van der Waals surface area contributed by atoms with Crippen LogP contribution in [0.15, 0.2) is 12.1 Å². The van der Waals surface area contributed by atoms with Crippen molar-refractivity contribution < 1.29 is 18.9 Å². The third-order valence-electron chi connectivity index (χ3n) is 1.86. The van der Waals surface area contributed by atoms with Gasteiger partial charge >= 0.3 is 0 Å². The molecule has 5 nitrogen and oxygen atoms in total. The number of halogens is 2. The van der Waals surface area contributed by atoms with E-state index in [2.05, 4.69) is 0 Å². The standard InChI is InChI=1S/C9H5ClFNO4/c10-3-9(14)6-2-7(11)5(4-13)1-8(6)12(15)16/h1-2,4H,3H2. The number of carbonyl (C=O) groups excluding carboxylic acids is 2. The van der Waals surface area contributed by atoms with Gasteiger partial charge in [-0.05, 0) is 6.07 Å². The SMILES string of the molecule is O=Cc1cc([N+](=O)[O-])c(C(=O)CCl)cc1F. The van der Waals surface area contributed by atoms with Crippen molar-refractivity contribution >= 4 is 29.4 Å². The van der Waals surface area contributed by atoms with Crippen LogP contribution in [-0.4, -0.2) is 22.9 Å². The molecule has 0 aliphatic rings. The number of carbonyl (C=O) groups is 2. The van der Waals surface area contributed by atoms with Crippen LogP contribution < -0.4 is 0 Å². The van der Waals surface area contributed by atoms with Gasteiger partial charge in [0.25, 0.3) is 5.69 Å². The molecule has 0 fully saturated rings. The molecule has 0 radical (unpaired) electrons. The fraction of sp³-hybridized carbons (Fsp3) is 0.111. The van der Waals surface area contributed by atoms with Crippen molar-refractivity contribution in [3.63, 3.8) is 0 Å². The van der Waals surface area contributed by atoms with Crippen LogP contribution in [0.25, 0.3) is 0 Å². The Hall–Kier alpha value is -1.82. The number of benzene rings is 1. The monoisotopic (exact) mass is 245 g/mol. The van der Waals surface area contributed by atoms with Gasteiger partial charge in [-0.15, -0.1) is 11.6 Å². The Morgan fingerprint density at radius 1 is 1.56 bits per heavy atom. The van der Waals surface area contributed by atoms with Gasteiger partial charge in [0.05, 0.1) is 21.9 Å². The van der Waals surface area contributed by atoms with Crippen molar-refractivity contribution in [3.05, 3.63) is 39.2 Å². The summed E-state index contributed by atoms with van der Waals surface area (Å²) in [6, 6.07) is 1.36. The molecule has 1 rings (SSSR count). The fourth-order valence-corrected chi connectivity index (χ4v) is 1.26. The van der Waals surface area contributed by atoms with E-state index in [0.29, 0.717) is 12.1 Å². The number of nitrogens with zero attached hydrogens (tertiary/aromatic N) is 1. The Kier molecular flexibility index (Phi) is 3.68. The van der Waals surface area contributed by atoms with Crippen LogP contribution in [0.2, 0.25) is 0 Å². The maximum atomic E-state index is 13.1. The largest absolute Gasteiger partial charge is 0.298 e. The number of hydrogen-bond acceptors (Lipinski definition) is 4. The number of nitro groups is 1. The third-order valence-corrected chi connectivity index (χ3v) is 2.10. The van der Waals surface area contributed by atoms with Gasteiger partial charge in [-0.3, -0.25) is 19.7 Å². The number of alkyl halides is 1. The van der Waals surface area contributed by atoms with Crippen LogP contribution in [0.1, 0.15) is 20.7 Å². The maximum absolute atomic E-state index is 13.1. The van der Waals surface area contributed by atoms with Crippen LogP contribution in [-0.2, 0) is 0 Å². The van der Waals surface area contributed by atoms with E-state index in [1.165, 1.54) is 0 Å². The summed E-state index contributed by atoms with van der Waals surface area (Å²) >= 11 is 5.23. The zero-order chi connectivity index (χ0) is 12.3. The zero-order valence-corrected chi connectivity index (χ0v) is 8.53. The lowest BCUT2D eigenvalue weighted by Crippen LogP contribution is -2.07. The Labute approximate surface area is 94.0 Å². The average molecular weight is 246 g/mol. The zero-order valence-electron chi connectivity index (χ0n) is 7.78. The molecule has 0 amide bonds. The Morgan fingerprint density at radius 3 is 2.62 bits per heavy atom. The minimum atomic E-state index is -0.992. The second-order valence-electron chi connectivity index (χ2n) is 2.82. The molecule has 0 N–H and O–H groups in total. The summed E-state index contributed by atoms with van der Waals surface area (Å²) < 4.78 is 13.1. The van der Waals surface area contributed by atoms with Gasteiger partial charge in [-0.2, -0.15) is 0 Å². The molecule has 7 heteroatoms. The molecule has 0 heterocycles. The van der Waals surface area contributed by atoms with E-state index in [1.807, 2.05) is 0 Å². The van der Waals surface area contributed by atoms with Gasteiger partial charge in [0, 0.05) is 6.07 Å². The summed E-state index contributed by atoms with van der Waals surface area (Å²) in [7, 11) is 0. The molecule has 0 aromatic heterocycles. The first-order valence-corrected chi connectivity index (χ1v) is 4.57. The third kappa shape index (κ3) is 2.22. The molecule has 0 saturated heterocycles. The van der Waals surface area contributed by atoms with E-state index < -0.39 is 39.2 Å². The molecule has 0 aliphatic carbocycles. The number of hydrogen-bond donors (Lipinski definition) is 0. The topological polar surface area (TPSA) is 77.3 Å². The Bertz CT molecular complexity index is 475. The summed E-state index contributed by atoms with van der Waals surface area (Å²) in [5.74, 6) is -2.26. The highest BCUT2D eigenvalue weighted by Gasteiger charge is 2.22. The molecule has 1 aromatic rings. The molecular formula is C9H5ClFNO4. The lowest BCUT2D eigenvalue weighted by Gasteiger charge is -2.01. The molecule has 0 unspecified atom stereocenters. The molecule has 0 atom stereocenters. The summed E-state index contributed by atoms with van der Waals surface area (Å²) in [5.41, 5.74) is -1.55. The van der Waals surface area contributed by atoms with Crippen LogP contribution in [0.4, 0.5) is 10.1 Å². The van der Waals surface area contributed by atoms with Gasteiger partial charge in [0.1, 0.15) is 5.82 Å². The molecule has 0 spiro atoms. The quantitative estimate of drug-likeness (QED) is 0.267. The lowest BCUT2D eigenvalue weighted by atomic mass is 10.1. The van der Waals surface area contributed by atoms with Gasteiger partial charge in [0.2, 0.25) is 0 Å². The van der Waals surface area contributed by atoms with Gasteiger partial charge in [-0.1, -0.05) is 0 Å². The minimum Gasteiger partial charge on any atom is -0.298 e. The van der Waals surface area contributed by atoms with Gasteiger partial charge in [-0.25, -0.2) is 4.39 Å². The van der Waals surface area contributed by atoms with Crippen molar-refractivity contribution in [1.29, 1.82) is 0 Å². The van der Waals surface area contributed by atoms with E-state index in [-0.39, 0.29) is 6.29 Å². The second-order valence-corrected chi connectivity index (χ2v) is 3.09. The summed E-state index contributed by atoms with van der Waals surface area (Å²) in [4.78, 5) is 31.3. The molecule has 0 aliphatic heterocycles. The van der Waals surface area contributed by atoms with Crippen LogP contribution in [0.5, 0.6) is 0 Å². The van der Waals surface area contributed by atoms with Crippen LogP contribution in [0, 0.1) is 15.9 Å². The molecule has 0 bridgehead atoms. The second kappa shape index (κ2) is 4.80. The summed E-state index contributed by atoms with van der Waals surface area (Å²) in [5, 5.41) is 10.6. The summed E-state index contributed by atoms with van der Waals surface area (Å²) in [6.07, 6.45) is 0.136. The molecule has 84 valence electrons. The van der Waals surface area contributed by atoms with Crippen molar-refractivity contribution in [2.45, 2.75) is 0 Å². The predicted molar refractivity (Wildman–Crippen MR) is 53.5 cm³/mol. The Balaban J connectivity index is 3.47. The predicted octanol–water partition coefficient (Wildman–Crippen LogP) is 1.97. The lowest BCUT2D eigenvalue weighted by molar-refractivity contribution is -0.385. The average Bonchev–Trinajstić information content (AvgIpc) is 2.27. The highest BCUT2D eigenvalue weighted by atomic mass is 35.5. The van der Waals surface area contributed by atoms with Crippen molar-refractivity contribution in [1.82, 2.24) is 0 Å². The van der Waals surface area contributed by atoms with Crippen molar-refractivity contribution in [2.24, 2.45) is 0 Å². The van der Waals surface area contributed by atoms with E-state index in [4.69, 9.17) is 11.6 Å². The fourth-order valence-electron chi connectivity index (χ4n) is 1.11. The van der Waals surface area contributed by atoms with Crippen LogP contribution >= 0.6 is 11.6 Å². The van der Waals surface area contributed by atoms with Crippen LogP contribution in [0.3, 0.4) is 0 Å². The first kappa shape index (κ1) is 12.3. The van der Waals surface area contributed by atoms with E-state index >= 15 is 0 Å². The highest BCUT2D eigenvalue weighted by Crippen LogP contribution is 2.23. The van der Waals surface area contributed by atoms with Gasteiger partial charge < -0.3 is 0 Å². The first-order valence-electron chi connectivity index (χ1n) is 4.03. The molecule has 16 heavy (non-hydrogen) atoms. The normalized spacial score (nSPS) is 9.88. The number of nitro benzene ring substituents is 1. The number of rotatable bonds is 4. The molecule has 0 saturated carbocycles. The minimum absolute atomic E-state index is 0.136. The molecule has 1 aromatic carbocycles. The number of ketones is 1. The number of aldehydes is 1. The van der Waals surface area contributed by atoms with E-state index in [1.54, 1.807) is 0 Å². The maximum Gasteiger partial charge on any atom is 0.281 e. The molecular weight excluding hydrogens is 241 g/mol. The first-order chi connectivity index (χ1) is 7.51. The number of Topliss-reactive ketones (excluding diaryl/α,β-unsaturated/α-hetero) is 1. The summed E-state index contributed by atoms with van der Waals surface area (Å²) in [6.45, 7) is 0. The van der Waals surface area contributed by atoms with E-state index in [9.17, 15) is 24.1 Å². The van der Waals surface area contributed by atoms with Crippen molar-refractivity contribution in [2.75, 3.05) is 5.88 Å². The smallest absolute Gasteiger partial charge is 0.281 e. The van der Waals surface area contributed by atoms with Gasteiger partial charge in [0.15, 0.2) is 12.1 Å². The Morgan fingerprint density at radius 2 is 2.19 bits per heavy atom. The van der Waals surface area contributed by atoms with Crippen molar-refractivity contribution in [3.8, 4) is 0 Å². The van der Waals surface area contributed by atoms with E-state index in [0.717, 1.165) is 0 Å². The highest BCUT2D eigenvalue weighted by molar-refractivity contribution is 6.31.